The van der Waals surface area contributed by atoms with Crippen LogP contribution in [0, 0.1) is 9.49 Å². The van der Waals surface area contributed by atoms with Crippen molar-refractivity contribution in [3.63, 3.8) is 0 Å². The number of halogens is 4. The average molecular weight is 687 g/mol. The number of nitrogens with zero attached hydrogens (tertiary/aromatic N) is 1. The van der Waals surface area contributed by atoms with Gasteiger partial charge in [0.05, 0.1) is 21.8 Å². The summed E-state index contributed by atoms with van der Waals surface area (Å²) in [7, 11) is 0. The molecule has 0 saturated heterocycles. The van der Waals surface area contributed by atoms with Crippen molar-refractivity contribution >= 4 is 34.4 Å². The highest BCUT2D eigenvalue weighted by atomic mass is 127. The SMILES string of the molecule is O=C(NCCO)C1=CC(Oc2ccccc2I)C(O)C(N(CC2CCCCC2)C(=O)c2ccc(C(F)(F)F)cc2)C1. The van der Waals surface area contributed by atoms with Gasteiger partial charge in [0, 0.05) is 30.6 Å². The third-order valence-electron chi connectivity index (χ3n) is 7.61. The number of hydrogen-bond acceptors (Lipinski definition) is 5. The average Bonchev–Trinajstić information content (AvgIpc) is 2.96. The fourth-order valence-corrected chi connectivity index (χ4v) is 5.97. The summed E-state index contributed by atoms with van der Waals surface area (Å²) in [6.45, 7) is 0.0674. The third-order valence-corrected chi connectivity index (χ3v) is 8.51. The highest BCUT2D eigenvalue weighted by Gasteiger charge is 2.42. The number of para-hydroxylation sites is 1. The van der Waals surface area contributed by atoms with E-state index in [9.17, 15) is 33.0 Å². The monoisotopic (exact) mass is 686 g/mol. The van der Waals surface area contributed by atoms with Crippen LogP contribution in [0.4, 0.5) is 13.2 Å². The number of hydrogen-bond donors (Lipinski definition) is 3. The van der Waals surface area contributed by atoms with E-state index in [0.717, 1.165) is 59.9 Å². The van der Waals surface area contributed by atoms with Crippen molar-refractivity contribution in [3.8, 4) is 5.75 Å². The Morgan fingerprint density at radius 3 is 2.37 bits per heavy atom. The zero-order valence-electron chi connectivity index (χ0n) is 22.4. The summed E-state index contributed by atoms with van der Waals surface area (Å²) in [5, 5.41) is 23.4. The van der Waals surface area contributed by atoms with Crippen molar-refractivity contribution in [1.29, 1.82) is 0 Å². The van der Waals surface area contributed by atoms with Crippen molar-refractivity contribution < 1.29 is 37.7 Å². The molecule has 0 bridgehead atoms. The topological polar surface area (TPSA) is 99.1 Å². The van der Waals surface area contributed by atoms with E-state index in [1.165, 1.54) is 4.90 Å². The molecule has 2 aliphatic carbocycles. The number of aliphatic hydroxyl groups is 2. The first-order valence-electron chi connectivity index (χ1n) is 13.8. The van der Waals surface area contributed by atoms with Crippen LogP contribution >= 0.6 is 22.6 Å². The Bertz CT molecular complexity index is 1230. The van der Waals surface area contributed by atoms with Gasteiger partial charge in [-0.2, -0.15) is 13.2 Å². The highest BCUT2D eigenvalue weighted by molar-refractivity contribution is 14.1. The van der Waals surface area contributed by atoms with Crippen LogP contribution in [-0.4, -0.2) is 64.9 Å². The van der Waals surface area contributed by atoms with Crippen LogP contribution in [0.2, 0.25) is 0 Å². The standard InChI is InChI=1S/C30H34F3IN2O5/c31-30(32,33)22-12-10-20(11-13-22)29(40)36(18-19-6-2-1-3-7-19)24-16-21(28(39)35-14-15-37)17-26(27(24)38)41-25-9-5-4-8-23(25)34/h4-5,8-13,17,19,24,26-27,37-38H,1-3,6-7,14-16,18H2,(H,35,39). The molecule has 7 nitrogen and oxygen atoms in total. The maximum atomic E-state index is 13.9. The molecule has 3 atom stereocenters. The summed E-state index contributed by atoms with van der Waals surface area (Å²) in [6, 6.07) is 10.4. The minimum absolute atomic E-state index is 0.0171. The fraction of sp³-hybridized carbons (Fsp3) is 0.467. The number of amides is 2. The molecule has 3 N–H and O–H groups in total. The summed E-state index contributed by atoms with van der Waals surface area (Å²) in [5.41, 5.74) is -0.502. The van der Waals surface area contributed by atoms with Gasteiger partial charge in [0.25, 0.3) is 5.91 Å². The first-order valence-corrected chi connectivity index (χ1v) is 14.8. The summed E-state index contributed by atoms with van der Waals surface area (Å²) < 4.78 is 46.5. The molecule has 0 aromatic heterocycles. The third kappa shape index (κ3) is 8.01. The van der Waals surface area contributed by atoms with Crippen LogP contribution < -0.4 is 10.1 Å². The van der Waals surface area contributed by atoms with Crippen LogP contribution in [0.5, 0.6) is 5.75 Å². The zero-order valence-corrected chi connectivity index (χ0v) is 24.6. The normalized spacial score (nSPS) is 21.6. The second-order valence-corrected chi connectivity index (χ2v) is 11.6. The number of nitrogens with one attached hydrogen (secondary N) is 1. The van der Waals surface area contributed by atoms with Gasteiger partial charge in [0.2, 0.25) is 5.91 Å². The molecule has 2 aromatic carbocycles. The molecular weight excluding hydrogens is 652 g/mol. The van der Waals surface area contributed by atoms with Crippen molar-refractivity contribution in [2.75, 3.05) is 19.7 Å². The molecule has 0 heterocycles. The summed E-state index contributed by atoms with van der Waals surface area (Å²) >= 11 is 2.10. The predicted molar refractivity (Wildman–Crippen MR) is 155 cm³/mol. The molecule has 0 aliphatic heterocycles. The van der Waals surface area contributed by atoms with Crippen LogP contribution in [0.15, 0.2) is 60.2 Å². The molecule has 0 radical (unpaired) electrons. The van der Waals surface area contributed by atoms with Gasteiger partial charge >= 0.3 is 6.18 Å². The number of carbonyl (C=O) groups is 2. The number of carbonyl (C=O) groups excluding carboxylic acids is 2. The summed E-state index contributed by atoms with van der Waals surface area (Å²) in [6.07, 6.45) is -0.288. The van der Waals surface area contributed by atoms with Gasteiger partial charge in [-0.15, -0.1) is 0 Å². The number of rotatable bonds is 9. The second kappa shape index (κ2) is 14.0. The molecular formula is C30H34F3IN2O5. The molecule has 1 fully saturated rings. The lowest BCUT2D eigenvalue weighted by Gasteiger charge is -2.42. The van der Waals surface area contributed by atoms with E-state index in [1.807, 2.05) is 12.1 Å². The summed E-state index contributed by atoms with van der Waals surface area (Å²) in [4.78, 5) is 28.5. The first kappa shape index (κ1) is 31.3. The lowest BCUT2D eigenvalue weighted by Crippen LogP contribution is -2.56. The zero-order chi connectivity index (χ0) is 29.6. The molecule has 2 aromatic rings. The van der Waals surface area contributed by atoms with E-state index in [2.05, 4.69) is 27.9 Å². The second-order valence-electron chi connectivity index (χ2n) is 10.5. The van der Waals surface area contributed by atoms with Gasteiger partial charge in [-0.25, -0.2) is 0 Å². The molecule has 1 saturated carbocycles. The van der Waals surface area contributed by atoms with Crippen molar-refractivity contribution in [3.05, 3.63) is 74.9 Å². The van der Waals surface area contributed by atoms with Crippen LogP contribution in [-0.2, 0) is 11.0 Å². The van der Waals surface area contributed by atoms with E-state index in [0.29, 0.717) is 17.9 Å². The fourth-order valence-electron chi connectivity index (χ4n) is 5.45. The lowest BCUT2D eigenvalue weighted by atomic mass is 9.85. The van der Waals surface area contributed by atoms with Crippen LogP contribution in [0.3, 0.4) is 0 Å². The molecule has 0 spiro atoms. The van der Waals surface area contributed by atoms with Crippen LogP contribution in [0.25, 0.3) is 0 Å². The van der Waals surface area contributed by atoms with E-state index >= 15 is 0 Å². The number of ether oxygens (including phenoxy) is 1. The first-order chi connectivity index (χ1) is 19.6. The summed E-state index contributed by atoms with van der Waals surface area (Å²) in [5.74, 6) is -0.316. The van der Waals surface area contributed by atoms with Crippen molar-refractivity contribution in [1.82, 2.24) is 10.2 Å². The molecule has 2 amide bonds. The number of benzene rings is 2. The minimum atomic E-state index is -4.54. The van der Waals surface area contributed by atoms with Gasteiger partial charge in [-0.05, 0) is 83.8 Å². The Balaban J connectivity index is 1.69. The maximum absolute atomic E-state index is 13.9. The number of aliphatic hydroxyl groups excluding tert-OH is 2. The quantitative estimate of drug-likeness (QED) is 0.325. The smallest absolute Gasteiger partial charge is 0.416 e. The van der Waals surface area contributed by atoms with Gasteiger partial charge < -0.3 is 25.2 Å². The Kier molecular flexibility index (Phi) is 10.7. The van der Waals surface area contributed by atoms with Crippen molar-refractivity contribution in [2.24, 2.45) is 5.92 Å². The van der Waals surface area contributed by atoms with E-state index in [1.54, 1.807) is 18.2 Å². The van der Waals surface area contributed by atoms with E-state index < -0.39 is 41.8 Å². The van der Waals surface area contributed by atoms with Crippen molar-refractivity contribution in [2.45, 2.75) is 63.0 Å². The Morgan fingerprint density at radius 1 is 1.05 bits per heavy atom. The lowest BCUT2D eigenvalue weighted by molar-refractivity contribution is -0.137. The number of alkyl halides is 3. The molecule has 41 heavy (non-hydrogen) atoms. The predicted octanol–water partition coefficient (Wildman–Crippen LogP) is 4.95. The molecule has 4 rings (SSSR count). The Hall–Kier alpha value is -2.64. The van der Waals surface area contributed by atoms with Gasteiger partial charge in [0.1, 0.15) is 18.0 Å². The Morgan fingerprint density at radius 2 is 1.73 bits per heavy atom. The minimum Gasteiger partial charge on any atom is -0.482 e. The largest absolute Gasteiger partial charge is 0.482 e. The van der Waals surface area contributed by atoms with Crippen LogP contribution in [0.1, 0.15) is 54.4 Å². The Labute approximate surface area is 250 Å². The molecule has 222 valence electrons. The van der Waals surface area contributed by atoms with Gasteiger partial charge in [-0.1, -0.05) is 31.4 Å². The molecule has 11 heteroatoms. The molecule has 2 aliphatic rings. The van der Waals surface area contributed by atoms with E-state index in [-0.39, 0.29) is 31.1 Å². The van der Waals surface area contributed by atoms with Gasteiger partial charge in [-0.3, -0.25) is 9.59 Å². The maximum Gasteiger partial charge on any atom is 0.416 e. The molecule has 3 unspecified atom stereocenters. The van der Waals surface area contributed by atoms with Gasteiger partial charge in [0.15, 0.2) is 0 Å². The van der Waals surface area contributed by atoms with E-state index in [4.69, 9.17) is 4.74 Å². The highest BCUT2D eigenvalue weighted by Crippen LogP contribution is 2.34.